The van der Waals surface area contributed by atoms with Crippen LogP contribution in [0.2, 0.25) is 0 Å². The second-order valence-electron chi connectivity index (χ2n) is 12.4. The standard InChI is InChI=1S/C30H31F8NO5S2/c1-17-15-19(12-14-45(17,41)42)26(40)39-25-11-13-27(46(43,44)22-8-6-21(31)7-9-22)23-10-5-20(16-18(23)3-2-4-24(25)27)28(32,29(33,34)35)30(36,37)38/h5-10,16-17,19,24-25H,2-4,11-15H2,1H3,(H,39,40)/t17?,19?,24-,25+,27+/m0/s1. The molecule has 5 atom stereocenters. The summed E-state index contributed by atoms with van der Waals surface area (Å²) in [4.78, 5) is 13.0. The maximum atomic E-state index is 15.1. The summed E-state index contributed by atoms with van der Waals surface area (Å²) in [6.07, 6.45) is -12.8. The number of carbonyl (C=O) groups excluding carboxylic acids is 1. The Balaban J connectivity index is 1.62. The monoisotopic (exact) mass is 701 g/mol. The van der Waals surface area contributed by atoms with Crippen molar-refractivity contribution in [2.45, 2.75) is 90.8 Å². The lowest BCUT2D eigenvalue weighted by atomic mass is 9.82. The number of nitrogens with one attached hydrogen (secondary N) is 1. The van der Waals surface area contributed by atoms with E-state index in [0.29, 0.717) is 12.1 Å². The zero-order valence-corrected chi connectivity index (χ0v) is 26.0. The molecule has 2 aromatic rings. The van der Waals surface area contributed by atoms with Gasteiger partial charge in [0.2, 0.25) is 5.91 Å². The fraction of sp³-hybridized carbons (Fsp3) is 0.567. The summed E-state index contributed by atoms with van der Waals surface area (Å²) in [7, 11) is -7.93. The number of carbonyl (C=O) groups is 1. The topological polar surface area (TPSA) is 97.4 Å². The van der Waals surface area contributed by atoms with Gasteiger partial charge in [0.05, 0.1) is 15.9 Å². The van der Waals surface area contributed by atoms with Gasteiger partial charge in [-0.2, -0.15) is 26.3 Å². The zero-order valence-electron chi connectivity index (χ0n) is 24.4. The van der Waals surface area contributed by atoms with Crippen LogP contribution in [0.25, 0.3) is 0 Å². The van der Waals surface area contributed by atoms with Crippen LogP contribution in [0.15, 0.2) is 47.4 Å². The van der Waals surface area contributed by atoms with E-state index >= 15 is 4.39 Å². The van der Waals surface area contributed by atoms with Crippen molar-refractivity contribution in [2.24, 2.45) is 11.8 Å². The summed E-state index contributed by atoms with van der Waals surface area (Å²) in [6, 6.07) is 4.53. The number of aryl methyl sites for hydroxylation is 1. The van der Waals surface area contributed by atoms with Crippen molar-refractivity contribution in [3.63, 3.8) is 0 Å². The first-order valence-electron chi connectivity index (χ1n) is 14.6. The smallest absolute Gasteiger partial charge is 0.353 e. The van der Waals surface area contributed by atoms with Crippen LogP contribution < -0.4 is 5.32 Å². The van der Waals surface area contributed by atoms with Crippen LogP contribution in [-0.4, -0.2) is 52.1 Å². The van der Waals surface area contributed by atoms with E-state index in [2.05, 4.69) is 5.32 Å². The van der Waals surface area contributed by atoms with Crippen LogP contribution in [0.1, 0.15) is 62.1 Å². The quantitative estimate of drug-likeness (QED) is 0.295. The molecule has 1 saturated carbocycles. The minimum absolute atomic E-state index is 0.0523. The van der Waals surface area contributed by atoms with E-state index in [1.807, 2.05) is 0 Å². The number of fused-ring (bicyclic) bond motifs is 3. The van der Waals surface area contributed by atoms with Crippen molar-refractivity contribution in [1.29, 1.82) is 0 Å². The molecule has 2 fully saturated rings. The van der Waals surface area contributed by atoms with Crippen molar-refractivity contribution in [1.82, 2.24) is 5.32 Å². The predicted molar refractivity (Wildman–Crippen MR) is 150 cm³/mol. The zero-order chi connectivity index (χ0) is 34.1. The molecule has 46 heavy (non-hydrogen) atoms. The molecule has 0 spiro atoms. The van der Waals surface area contributed by atoms with Crippen molar-refractivity contribution >= 4 is 25.6 Å². The third-order valence-electron chi connectivity index (χ3n) is 9.90. The highest BCUT2D eigenvalue weighted by atomic mass is 32.2. The highest BCUT2D eigenvalue weighted by Crippen LogP contribution is 2.58. The average Bonchev–Trinajstić information content (AvgIpc) is 3.22. The van der Waals surface area contributed by atoms with Crippen molar-refractivity contribution in [3.05, 3.63) is 65.0 Å². The van der Waals surface area contributed by atoms with E-state index in [1.54, 1.807) is 0 Å². The van der Waals surface area contributed by atoms with Crippen LogP contribution in [0.3, 0.4) is 0 Å². The lowest BCUT2D eigenvalue weighted by molar-refractivity contribution is -0.348. The Labute approximate surface area is 260 Å². The number of amides is 1. The van der Waals surface area contributed by atoms with E-state index in [9.17, 15) is 52.4 Å². The second-order valence-corrected chi connectivity index (χ2v) is 17.2. The molecule has 0 bridgehead atoms. The van der Waals surface area contributed by atoms with Gasteiger partial charge in [0, 0.05) is 23.4 Å². The fourth-order valence-electron chi connectivity index (χ4n) is 7.47. The fourth-order valence-corrected chi connectivity index (χ4v) is 11.5. The summed E-state index contributed by atoms with van der Waals surface area (Å²) < 4.78 is 162. The molecule has 1 saturated heterocycles. The third-order valence-corrected chi connectivity index (χ3v) is 14.7. The molecule has 254 valence electrons. The predicted octanol–water partition coefficient (Wildman–Crippen LogP) is 6.23. The Morgan fingerprint density at radius 1 is 0.935 bits per heavy atom. The summed E-state index contributed by atoms with van der Waals surface area (Å²) in [6.45, 7) is 1.49. The Hall–Kier alpha value is -2.75. The molecule has 1 aliphatic heterocycles. The molecule has 2 aliphatic carbocycles. The van der Waals surface area contributed by atoms with Gasteiger partial charge in [-0.15, -0.1) is 0 Å². The van der Waals surface area contributed by atoms with E-state index in [0.717, 1.165) is 30.3 Å². The van der Waals surface area contributed by atoms with Gasteiger partial charge in [-0.25, -0.2) is 25.6 Å². The van der Waals surface area contributed by atoms with E-state index in [-0.39, 0.29) is 66.7 Å². The lowest BCUT2D eigenvalue weighted by Crippen LogP contribution is -2.50. The van der Waals surface area contributed by atoms with E-state index in [4.69, 9.17) is 0 Å². The number of benzene rings is 2. The van der Waals surface area contributed by atoms with Gasteiger partial charge in [0.1, 0.15) is 10.6 Å². The molecular weight excluding hydrogens is 670 g/mol. The average molecular weight is 702 g/mol. The lowest BCUT2D eigenvalue weighted by Gasteiger charge is -2.38. The SMILES string of the molecule is CC1CC(C(=O)N[C@@H]2CC[C@@]3(S(=O)(=O)c4ccc(F)cc4)c4ccc(C(F)(C(F)(F)F)C(F)(F)F)cc4CCC[C@@H]23)CCS1(=O)=O. The van der Waals surface area contributed by atoms with Gasteiger partial charge in [-0.1, -0.05) is 18.2 Å². The second kappa shape index (κ2) is 11.4. The Bertz CT molecular complexity index is 1710. The van der Waals surface area contributed by atoms with E-state index < -0.39 is 82.9 Å². The molecule has 16 heteroatoms. The number of hydrogen-bond acceptors (Lipinski definition) is 5. The normalized spacial score (nSPS) is 28.5. The Morgan fingerprint density at radius 2 is 1.57 bits per heavy atom. The Morgan fingerprint density at radius 3 is 2.15 bits per heavy atom. The molecule has 3 aliphatic rings. The maximum Gasteiger partial charge on any atom is 0.435 e. The van der Waals surface area contributed by atoms with Crippen LogP contribution >= 0.6 is 0 Å². The number of sulfone groups is 2. The molecule has 2 aromatic carbocycles. The van der Waals surface area contributed by atoms with Gasteiger partial charge < -0.3 is 5.32 Å². The summed E-state index contributed by atoms with van der Waals surface area (Å²) in [5, 5.41) is 2.10. The molecule has 1 heterocycles. The van der Waals surface area contributed by atoms with Crippen LogP contribution in [0.5, 0.6) is 0 Å². The first-order chi connectivity index (χ1) is 21.2. The molecule has 5 rings (SSSR count). The molecule has 1 amide bonds. The first-order valence-corrected chi connectivity index (χ1v) is 17.8. The van der Waals surface area contributed by atoms with Crippen molar-refractivity contribution in [2.75, 3.05) is 5.75 Å². The van der Waals surface area contributed by atoms with E-state index in [1.165, 1.54) is 6.92 Å². The maximum absolute atomic E-state index is 15.1. The highest BCUT2D eigenvalue weighted by Gasteiger charge is 2.73. The molecule has 6 nitrogen and oxygen atoms in total. The molecule has 0 radical (unpaired) electrons. The highest BCUT2D eigenvalue weighted by molar-refractivity contribution is 7.92. The van der Waals surface area contributed by atoms with Gasteiger partial charge in [-0.3, -0.25) is 4.79 Å². The Kier molecular flexibility index (Phi) is 8.61. The summed E-state index contributed by atoms with van der Waals surface area (Å²) in [5.41, 5.74) is -7.77. The molecular formula is C30H31F8NO5S2. The minimum atomic E-state index is -6.37. The number of alkyl halides is 7. The van der Waals surface area contributed by atoms with Crippen LogP contribution in [-0.2, 0) is 41.3 Å². The third kappa shape index (κ3) is 5.40. The van der Waals surface area contributed by atoms with Crippen molar-refractivity contribution < 1.29 is 56.8 Å². The van der Waals surface area contributed by atoms with Crippen LogP contribution in [0.4, 0.5) is 35.1 Å². The van der Waals surface area contributed by atoms with Gasteiger partial charge in [0.15, 0.2) is 19.7 Å². The number of rotatable bonds is 5. The minimum Gasteiger partial charge on any atom is -0.353 e. The molecule has 0 aromatic heterocycles. The first kappa shape index (κ1) is 34.6. The van der Waals surface area contributed by atoms with Gasteiger partial charge in [-0.05, 0) is 87.3 Å². The summed E-state index contributed by atoms with van der Waals surface area (Å²) in [5.74, 6) is -3.05. The van der Waals surface area contributed by atoms with Gasteiger partial charge >= 0.3 is 18.0 Å². The molecule has 1 N–H and O–H groups in total. The number of hydrogen-bond donors (Lipinski definition) is 1. The van der Waals surface area contributed by atoms with Crippen molar-refractivity contribution in [3.8, 4) is 0 Å². The summed E-state index contributed by atoms with van der Waals surface area (Å²) >= 11 is 0. The van der Waals surface area contributed by atoms with Gasteiger partial charge in [0.25, 0.3) is 0 Å². The molecule has 2 unspecified atom stereocenters. The largest absolute Gasteiger partial charge is 0.435 e. The van der Waals surface area contributed by atoms with Crippen LogP contribution in [0, 0.1) is 17.7 Å². The number of halogens is 8.